The third-order valence-electron chi connectivity index (χ3n) is 27.4. The van der Waals surface area contributed by atoms with E-state index in [4.69, 9.17) is 44.9 Å². The maximum atomic E-state index is 5.34. The highest BCUT2D eigenvalue weighted by Crippen LogP contribution is 2.49. The molecule has 0 atom stereocenters. The van der Waals surface area contributed by atoms with Gasteiger partial charge in [-0.2, -0.15) is 29.9 Å². The van der Waals surface area contributed by atoms with E-state index >= 15 is 0 Å². The lowest BCUT2D eigenvalue weighted by molar-refractivity contribution is 0.953. The molecule has 19 aromatic carbocycles. The summed E-state index contributed by atoms with van der Waals surface area (Å²) in [6, 6.07) is 162. The van der Waals surface area contributed by atoms with Gasteiger partial charge in [0, 0.05) is 115 Å². The number of fused-ring (bicyclic) bond motifs is 21. The van der Waals surface area contributed by atoms with Crippen LogP contribution in [0.5, 0.6) is 0 Å². The highest BCUT2D eigenvalue weighted by molar-refractivity contribution is 6.29. The lowest BCUT2D eigenvalue weighted by atomic mass is 9.93. The van der Waals surface area contributed by atoms with Crippen LogP contribution in [0.25, 0.3) is 267 Å². The molecule has 0 aliphatic carbocycles. The van der Waals surface area contributed by atoms with E-state index in [2.05, 4.69) is 373 Å². The minimum Gasteiger partial charge on any atom is -0.309 e. The third-order valence-corrected chi connectivity index (χ3v) is 27.4. The molecule has 642 valence electrons. The normalized spacial score (nSPS) is 11.9. The lowest BCUT2D eigenvalue weighted by Crippen LogP contribution is -2.06. The van der Waals surface area contributed by atoms with Crippen molar-refractivity contribution in [2.45, 2.75) is 0 Å². The van der Waals surface area contributed by atoms with Crippen molar-refractivity contribution in [3.8, 4) is 137 Å². The molecule has 15 nitrogen and oxygen atoms in total. The number of hydrogen-bond donors (Lipinski definition) is 0. The molecule has 9 heterocycles. The van der Waals surface area contributed by atoms with Crippen molar-refractivity contribution in [1.82, 2.24) is 72.3 Å². The Kier molecular flexibility index (Phi) is 17.7. The molecule has 138 heavy (non-hydrogen) atoms. The zero-order valence-corrected chi connectivity index (χ0v) is 74.0. The Bertz CT molecular complexity index is 8710. The van der Waals surface area contributed by atoms with Crippen molar-refractivity contribution in [2.75, 3.05) is 0 Å². The average molecular weight is 1760 g/mol. The fourth-order valence-electron chi connectivity index (χ4n) is 21.2. The second kappa shape index (κ2) is 31.4. The van der Waals surface area contributed by atoms with Gasteiger partial charge in [-0.05, 0) is 143 Å². The molecule has 28 aromatic rings. The van der Waals surface area contributed by atoms with E-state index < -0.39 is 0 Å². The summed E-state index contributed by atoms with van der Waals surface area (Å²) in [4.78, 5) is 47.4. The molecule has 0 saturated carbocycles. The predicted octanol–water partition coefficient (Wildman–Crippen LogP) is 29.8. The quantitative estimate of drug-likeness (QED) is 0.0979. The molecule has 0 amide bonds. The van der Waals surface area contributed by atoms with Crippen LogP contribution in [0.2, 0.25) is 0 Å². The number of para-hydroxylation sites is 6. The summed E-state index contributed by atoms with van der Waals surface area (Å²) >= 11 is 0. The summed E-state index contributed by atoms with van der Waals surface area (Å²) < 4.78 is 14.0. The Morgan fingerprint density at radius 2 is 0.319 bits per heavy atom. The Labute approximate surface area is 789 Å². The van der Waals surface area contributed by atoms with Gasteiger partial charge in [0.15, 0.2) is 34.9 Å². The monoisotopic (exact) mass is 1760 g/mol. The minimum atomic E-state index is 0.535. The summed E-state index contributed by atoms with van der Waals surface area (Å²) in [5.74, 6) is 5.17. The molecule has 0 aliphatic heterocycles. The molecular weight excluding hydrogens is 1690 g/mol. The van der Waals surface area contributed by atoms with Gasteiger partial charge in [-0.25, -0.2) is 15.0 Å². The number of rotatable bonds is 15. The van der Waals surface area contributed by atoms with Crippen LogP contribution in [0.3, 0.4) is 0 Å². The second-order valence-electron chi connectivity index (χ2n) is 35.2. The van der Waals surface area contributed by atoms with Crippen LogP contribution in [0.4, 0.5) is 0 Å². The highest BCUT2D eigenvalue weighted by Gasteiger charge is 2.29. The van der Waals surface area contributed by atoms with E-state index in [-0.39, 0.29) is 0 Å². The van der Waals surface area contributed by atoms with E-state index in [1.165, 1.54) is 0 Å². The fourth-order valence-corrected chi connectivity index (χ4v) is 21.2. The molecule has 0 saturated heterocycles. The summed E-state index contributed by atoms with van der Waals surface area (Å²) in [5, 5.41) is 13.4. The van der Waals surface area contributed by atoms with E-state index in [1.807, 2.05) is 109 Å². The molecule has 0 fully saturated rings. The third kappa shape index (κ3) is 12.4. The number of benzene rings is 19. The SMILES string of the molecule is c1ccc(-c2nc(-c3ccccc3)nc(-n3c4ccccc4c4c3ccc3c5ccccc5n(-c5ccc(-c6cc(-c7ccc(-n8c9ccccc9c9ccc%10c(c%11ccccc%11n%10-c%10nc(-c%11ccccc%11)nc(-c%11ccccc%11)n%10)c98)cc7)cc(-c7ccc(-n8c9ccccc9c9ccc%10c(c%11ccccc%11n%10-c%10nc(-c%11ccccc%11)nc(-c%11ccccc%11)n%10)c98)cc7)c6)cc5)c34)n2)cc1. The van der Waals surface area contributed by atoms with Crippen LogP contribution in [0.1, 0.15) is 0 Å². The van der Waals surface area contributed by atoms with Gasteiger partial charge in [-0.15, -0.1) is 0 Å². The van der Waals surface area contributed by atoms with Crippen LogP contribution >= 0.6 is 0 Å². The highest BCUT2D eigenvalue weighted by atomic mass is 15.2. The van der Waals surface area contributed by atoms with Gasteiger partial charge in [-0.1, -0.05) is 346 Å². The number of nitrogens with zero attached hydrogens (tertiary/aromatic N) is 15. The van der Waals surface area contributed by atoms with Crippen molar-refractivity contribution in [3.63, 3.8) is 0 Å². The minimum absolute atomic E-state index is 0.535. The van der Waals surface area contributed by atoms with Crippen LogP contribution in [-0.2, 0) is 0 Å². The first-order chi connectivity index (χ1) is 68.4. The maximum absolute atomic E-state index is 5.34. The summed E-state index contributed by atoms with van der Waals surface area (Å²) in [7, 11) is 0. The van der Waals surface area contributed by atoms with E-state index in [9.17, 15) is 0 Å². The van der Waals surface area contributed by atoms with E-state index in [1.54, 1.807) is 0 Å². The zero-order valence-electron chi connectivity index (χ0n) is 74.0. The first-order valence-electron chi connectivity index (χ1n) is 46.4. The Hall–Kier alpha value is -19.0. The molecular formula is C123H75N15. The molecule has 15 heteroatoms. The first kappa shape index (κ1) is 77.7. The van der Waals surface area contributed by atoms with Gasteiger partial charge in [0.1, 0.15) is 0 Å². The molecule has 0 N–H and O–H groups in total. The molecule has 0 radical (unpaired) electrons. The standard InChI is InChI=1S/C123H75N15/c1-7-31-79(32-8-1)115-124-116(80-33-9-2-10-34-80)128-121(127-115)136-103-52-28-22-46-97(103)109-106(136)70-67-94-91-43-19-25-49-100(91)133(112(94)109)88-61-55-76(56-62-88)85-73-86(77-57-63-89(64-58-77)134-101-50-26-20-44-92(101)95-68-71-107-110(113(95)134)98-47-23-29-53-104(98)137(107)122-129-117(81-35-11-3-12-36-81)125-118(130-122)82-37-13-4-14-38-82)75-87(74-85)78-59-65-90(66-60-78)135-102-51-27-21-45-93(102)96-69-72-108-111(114(96)135)99-48-24-30-54-105(99)138(108)123-131-119(83-39-15-5-16-40-83)126-120(132-123)84-41-17-6-18-42-84/h1-75H. The molecule has 9 aromatic heterocycles. The van der Waals surface area contributed by atoms with Gasteiger partial charge in [0.2, 0.25) is 17.8 Å². The van der Waals surface area contributed by atoms with E-state index in [0.717, 1.165) is 215 Å². The summed E-state index contributed by atoms with van der Waals surface area (Å²) in [5.41, 5.74) is 27.3. The van der Waals surface area contributed by atoms with Crippen molar-refractivity contribution in [1.29, 1.82) is 0 Å². The first-order valence-corrected chi connectivity index (χ1v) is 46.4. The Morgan fingerprint density at radius 3 is 0.543 bits per heavy atom. The van der Waals surface area contributed by atoms with Crippen molar-refractivity contribution in [2.24, 2.45) is 0 Å². The predicted molar refractivity (Wildman–Crippen MR) is 562 cm³/mol. The summed E-state index contributed by atoms with van der Waals surface area (Å²) in [6.07, 6.45) is 0. The Balaban J connectivity index is 0.613. The Morgan fingerprint density at radius 1 is 0.123 bits per heavy atom. The van der Waals surface area contributed by atoms with E-state index in [0.29, 0.717) is 52.8 Å². The molecule has 0 bridgehead atoms. The average Bonchev–Trinajstić information content (AvgIpc) is 1.55. The van der Waals surface area contributed by atoms with Gasteiger partial charge >= 0.3 is 0 Å². The summed E-state index contributed by atoms with van der Waals surface area (Å²) in [6.45, 7) is 0. The van der Waals surface area contributed by atoms with Crippen LogP contribution in [0, 0.1) is 0 Å². The lowest BCUT2D eigenvalue weighted by Gasteiger charge is -2.15. The van der Waals surface area contributed by atoms with Gasteiger partial charge < -0.3 is 13.7 Å². The molecule has 0 aliphatic rings. The van der Waals surface area contributed by atoms with Gasteiger partial charge in [0.05, 0.1) is 66.2 Å². The maximum Gasteiger partial charge on any atom is 0.238 e. The largest absolute Gasteiger partial charge is 0.309 e. The van der Waals surface area contributed by atoms with Gasteiger partial charge in [0.25, 0.3) is 0 Å². The van der Waals surface area contributed by atoms with Crippen LogP contribution in [0.15, 0.2) is 455 Å². The second-order valence-corrected chi connectivity index (χ2v) is 35.2. The van der Waals surface area contributed by atoms with Gasteiger partial charge in [-0.3, -0.25) is 13.7 Å². The zero-order chi connectivity index (χ0) is 90.6. The molecule has 28 rings (SSSR count). The number of hydrogen-bond acceptors (Lipinski definition) is 9. The van der Waals surface area contributed by atoms with Crippen LogP contribution < -0.4 is 0 Å². The fraction of sp³-hybridized carbons (Fsp3) is 0. The van der Waals surface area contributed by atoms with Crippen LogP contribution in [-0.4, -0.2) is 72.3 Å². The molecule has 0 unspecified atom stereocenters. The van der Waals surface area contributed by atoms with Crippen molar-refractivity contribution >= 4 is 131 Å². The topological polar surface area (TPSA) is 146 Å². The van der Waals surface area contributed by atoms with Crippen molar-refractivity contribution < 1.29 is 0 Å². The van der Waals surface area contributed by atoms with Crippen molar-refractivity contribution in [3.05, 3.63) is 455 Å². The number of aromatic nitrogens is 15. The smallest absolute Gasteiger partial charge is 0.238 e. The molecule has 0 spiro atoms.